The number of rotatable bonds is 3. The van der Waals surface area contributed by atoms with E-state index in [2.05, 4.69) is 9.97 Å². The van der Waals surface area contributed by atoms with E-state index in [9.17, 15) is 8.78 Å². The summed E-state index contributed by atoms with van der Waals surface area (Å²) in [5.74, 6) is -0.474. The van der Waals surface area contributed by atoms with E-state index in [0.29, 0.717) is 34.3 Å². The third-order valence-corrected chi connectivity index (χ3v) is 3.40. The van der Waals surface area contributed by atoms with E-state index in [1.54, 1.807) is 6.07 Å². The van der Waals surface area contributed by atoms with E-state index in [4.69, 9.17) is 23.2 Å². The van der Waals surface area contributed by atoms with Crippen molar-refractivity contribution >= 4 is 34.4 Å². The first kappa shape index (κ1) is 14.2. The van der Waals surface area contributed by atoms with Gasteiger partial charge in [0, 0.05) is 24.6 Å². The number of hydrogen-bond acceptors (Lipinski definition) is 2. The molecular formula is C14H9Cl2F2N3. The maximum absolute atomic E-state index is 14.1. The van der Waals surface area contributed by atoms with Crippen molar-refractivity contribution in [1.29, 1.82) is 0 Å². The van der Waals surface area contributed by atoms with Crippen LogP contribution in [0.15, 0.2) is 30.5 Å². The highest BCUT2D eigenvalue weighted by Gasteiger charge is 2.16. The molecule has 0 N–H and O–H groups in total. The van der Waals surface area contributed by atoms with E-state index in [1.165, 1.54) is 22.9 Å². The van der Waals surface area contributed by atoms with Crippen LogP contribution in [-0.4, -0.2) is 20.4 Å². The van der Waals surface area contributed by atoms with Crippen LogP contribution in [0.5, 0.6) is 0 Å². The van der Waals surface area contributed by atoms with Gasteiger partial charge < -0.3 is 0 Å². The quantitative estimate of drug-likeness (QED) is 0.677. The van der Waals surface area contributed by atoms with Gasteiger partial charge in [-0.3, -0.25) is 4.57 Å². The summed E-state index contributed by atoms with van der Waals surface area (Å²) in [4.78, 5) is 8.56. The van der Waals surface area contributed by atoms with Crippen LogP contribution in [0.25, 0.3) is 16.9 Å². The average molecular weight is 328 g/mol. The highest BCUT2D eigenvalue weighted by Crippen LogP contribution is 2.24. The van der Waals surface area contributed by atoms with Crippen molar-refractivity contribution in [1.82, 2.24) is 14.5 Å². The highest BCUT2D eigenvalue weighted by atomic mass is 35.5. The molecule has 3 rings (SSSR count). The minimum Gasteiger partial charge on any atom is -0.278 e. The van der Waals surface area contributed by atoms with Gasteiger partial charge in [-0.1, -0.05) is 11.6 Å². The largest absolute Gasteiger partial charge is 0.278 e. The van der Waals surface area contributed by atoms with Gasteiger partial charge >= 0.3 is 0 Å². The Hall–Kier alpha value is -1.72. The van der Waals surface area contributed by atoms with Gasteiger partial charge in [0.2, 0.25) is 0 Å². The molecule has 2 heterocycles. The van der Waals surface area contributed by atoms with E-state index in [1.807, 2.05) is 0 Å². The highest BCUT2D eigenvalue weighted by molar-refractivity contribution is 6.31. The topological polar surface area (TPSA) is 30.7 Å². The Morgan fingerprint density at radius 3 is 2.71 bits per heavy atom. The number of fused-ring (bicyclic) bond motifs is 1. The molecule has 21 heavy (non-hydrogen) atoms. The van der Waals surface area contributed by atoms with Gasteiger partial charge in [0.1, 0.15) is 23.0 Å². The lowest BCUT2D eigenvalue weighted by molar-refractivity contribution is 0.577. The third-order valence-electron chi connectivity index (χ3n) is 3.00. The first-order valence-electron chi connectivity index (χ1n) is 6.14. The lowest BCUT2D eigenvalue weighted by Crippen LogP contribution is -2.05. The summed E-state index contributed by atoms with van der Waals surface area (Å²) in [6.45, 7) is 0. The predicted molar refractivity (Wildman–Crippen MR) is 78.2 cm³/mol. The predicted octanol–water partition coefficient (Wildman–Crippen LogP) is 4.13. The van der Waals surface area contributed by atoms with Crippen LogP contribution in [0.2, 0.25) is 5.02 Å². The van der Waals surface area contributed by atoms with Crippen molar-refractivity contribution < 1.29 is 8.78 Å². The third kappa shape index (κ3) is 2.59. The molecule has 0 aliphatic carbocycles. The first-order chi connectivity index (χ1) is 10.1. The van der Waals surface area contributed by atoms with Gasteiger partial charge in [-0.05, 0) is 18.2 Å². The summed E-state index contributed by atoms with van der Waals surface area (Å²) in [6, 6.07) is 4.99. The van der Waals surface area contributed by atoms with Crippen LogP contribution in [-0.2, 0) is 6.42 Å². The molecule has 3 aromatic rings. The Morgan fingerprint density at radius 2 is 2.00 bits per heavy atom. The van der Waals surface area contributed by atoms with Crippen LogP contribution in [0, 0.1) is 11.6 Å². The van der Waals surface area contributed by atoms with Gasteiger partial charge in [-0.25, -0.2) is 18.7 Å². The molecule has 108 valence electrons. The van der Waals surface area contributed by atoms with Crippen molar-refractivity contribution in [3.63, 3.8) is 0 Å². The number of aromatic nitrogens is 3. The van der Waals surface area contributed by atoms with Crippen molar-refractivity contribution in [3.8, 4) is 5.69 Å². The number of nitrogens with zero attached hydrogens (tertiary/aromatic N) is 3. The fourth-order valence-corrected chi connectivity index (χ4v) is 2.48. The van der Waals surface area contributed by atoms with Gasteiger partial charge in [0.25, 0.3) is 0 Å². The Labute approximate surface area is 129 Å². The molecule has 0 amide bonds. The van der Waals surface area contributed by atoms with Gasteiger partial charge in [-0.2, -0.15) is 0 Å². The second kappa shape index (κ2) is 5.58. The summed E-state index contributed by atoms with van der Waals surface area (Å²) in [5, 5.41) is 0.434. The zero-order valence-corrected chi connectivity index (χ0v) is 12.2. The minimum atomic E-state index is -0.693. The monoisotopic (exact) mass is 327 g/mol. The fraction of sp³-hybridized carbons (Fsp3) is 0.143. The zero-order valence-electron chi connectivity index (χ0n) is 10.7. The number of alkyl halides is 1. The van der Waals surface area contributed by atoms with Gasteiger partial charge in [-0.15, -0.1) is 11.6 Å². The molecule has 3 nitrogen and oxygen atoms in total. The molecule has 0 unspecified atom stereocenters. The molecule has 2 aromatic heterocycles. The van der Waals surface area contributed by atoms with Crippen molar-refractivity contribution in [3.05, 3.63) is 52.9 Å². The Kier molecular flexibility index (Phi) is 3.78. The zero-order chi connectivity index (χ0) is 15.0. The molecule has 0 saturated carbocycles. The number of benzene rings is 1. The van der Waals surface area contributed by atoms with Crippen LogP contribution in [0.1, 0.15) is 5.82 Å². The number of imidazole rings is 1. The second-order valence-corrected chi connectivity index (χ2v) is 5.21. The number of aryl methyl sites for hydroxylation is 1. The van der Waals surface area contributed by atoms with E-state index < -0.39 is 11.6 Å². The van der Waals surface area contributed by atoms with Crippen LogP contribution in [0.3, 0.4) is 0 Å². The number of pyridine rings is 1. The van der Waals surface area contributed by atoms with Crippen molar-refractivity contribution in [2.24, 2.45) is 0 Å². The van der Waals surface area contributed by atoms with Crippen LogP contribution >= 0.6 is 23.2 Å². The summed E-state index contributed by atoms with van der Waals surface area (Å²) in [5.41, 5.74) is 1.16. The summed E-state index contributed by atoms with van der Waals surface area (Å²) in [7, 11) is 0. The van der Waals surface area contributed by atoms with Crippen molar-refractivity contribution in [2.45, 2.75) is 6.42 Å². The van der Waals surface area contributed by atoms with Gasteiger partial charge in [0.05, 0.1) is 10.7 Å². The Morgan fingerprint density at radius 1 is 1.19 bits per heavy atom. The van der Waals surface area contributed by atoms with E-state index in [0.717, 1.165) is 6.07 Å². The molecule has 0 saturated heterocycles. The number of halogens is 4. The normalized spacial score (nSPS) is 11.2. The summed E-state index contributed by atoms with van der Waals surface area (Å²) < 4.78 is 28.7. The molecular weight excluding hydrogens is 319 g/mol. The first-order valence-corrected chi connectivity index (χ1v) is 7.05. The van der Waals surface area contributed by atoms with E-state index in [-0.39, 0.29) is 5.69 Å². The Balaban J connectivity index is 2.30. The molecule has 0 spiro atoms. The molecule has 0 atom stereocenters. The van der Waals surface area contributed by atoms with E-state index >= 15 is 0 Å². The minimum absolute atomic E-state index is 0.175. The summed E-state index contributed by atoms with van der Waals surface area (Å²) in [6.07, 6.45) is 1.88. The summed E-state index contributed by atoms with van der Waals surface area (Å²) >= 11 is 11.7. The second-order valence-electron chi connectivity index (χ2n) is 4.39. The lowest BCUT2D eigenvalue weighted by atomic mass is 10.3. The fourth-order valence-electron chi connectivity index (χ4n) is 2.16. The number of hydrogen-bond donors (Lipinski definition) is 0. The lowest BCUT2D eigenvalue weighted by Gasteiger charge is -2.09. The Bertz CT molecular complexity index is 817. The molecule has 0 radical (unpaired) electrons. The molecule has 0 fully saturated rings. The molecule has 0 bridgehead atoms. The molecule has 1 aromatic carbocycles. The van der Waals surface area contributed by atoms with Gasteiger partial charge in [0.15, 0.2) is 5.65 Å². The molecule has 0 aliphatic heterocycles. The van der Waals surface area contributed by atoms with Crippen LogP contribution in [0.4, 0.5) is 8.78 Å². The maximum atomic E-state index is 14.1. The molecule has 7 heteroatoms. The maximum Gasteiger partial charge on any atom is 0.164 e. The van der Waals surface area contributed by atoms with Crippen molar-refractivity contribution in [2.75, 3.05) is 5.88 Å². The SMILES string of the molecule is Fc1ccc(-n2c(CCCl)nc3cc(Cl)cnc32)c(F)c1. The molecule has 0 aliphatic rings. The standard InChI is InChI=1S/C14H9Cl2F2N3/c15-4-3-13-20-11-5-8(16)7-19-14(11)21(13)12-2-1-9(17)6-10(12)18/h1-2,5-7H,3-4H2. The van der Waals surface area contributed by atoms with Crippen LogP contribution < -0.4 is 0 Å². The average Bonchev–Trinajstić information content (AvgIpc) is 2.76. The smallest absolute Gasteiger partial charge is 0.164 e.